The molecule has 478 valence electrons. The van der Waals surface area contributed by atoms with Crippen LogP contribution in [0.15, 0.2) is 12.5 Å². The van der Waals surface area contributed by atoms with Gasteiger partial charge in [0.2, 0.25) is 59.1 Å². The van der Waals surface area contributed by atoms with Gasteiger partial charge >= 0.3 is 11.9 Å². The highest BCUT2D eigenvalue weighted by Gasteiger charge is 2.48. The number of likely N-dealkylation sites (tertiary alicyclic amines) is 1. The summed E-state index contributed by atoms with van der Waals surface area (Å²) in [5.74, 6) is -14.6. The molecule has 3 rings (SSSR count). The summed E-state index contributed by atoms with van der Waals surface area (Å²) in [4.78, 5) is 166. The molecule has 3 heterocycles. The highest BCUT2D eigenvalue weighted by molar-refractivity contribution is 5.99. The molecule has 0 aromatic carbocycles. The second-order valence-corrected chi connectivity index (χ2v) is 20.1. The third kappa shape index (κ3) is 21.2. The molecule has 2 saturated heterocycles. The largest absolute Gasteiger partial charge is 0.481 e. The van der Waals surface area contributed by atoms with Gasteiger partial charge in [0, 0.05) is 38.2 Å². The molecule has 85 heavy (non-hydrogen) atoms. The van der Waals surface area contributed by atoms with Crippen LogP contribution >= 0.6 is 0 Å². The third-order valence-corrected chi connectivity index (χ3v) is 13.4. The Morgan fingerprint density at radius 2 is 1.24 bits per heavy atom. The normalized spacial score (nSPS) is 22.7. The number of aliphatic carboxylic acids is 2. The Balaban J connectivity index is 1.98. The van der Waals surface area contributed by atoms with Gasteiger partial charge in [-0.25, -0.2) is 4.98 Å². The maximum atomic E-state index is 14.5. The number of rotatable bonds is 33. The predicted molar refractivity (Wildman–Crippen MR) is 281 cm³/mol. The molecule has 2 aliphatic rings. The van der Waals surface area contributed by atoms with Crippen LogP contribution in [0.4, 0.5) is 0 Å². The highest BCUT2D eigenvalue weighted by atomic mass is 16.7. The van der Waals surface area contributed by atoms with E-state index in [1.807, 2.05) is 0 Å². The lowest BCUT2D eigenvalue weighted by Crippen LogP contribution is -2.67. The lowest BCUT2D eigenvalue weighted by molar-refractivity contribution is -0.281. The first-order valence-corrected chi connectivity index (χ1v) is 26.6. The summed E-state index contributed by atoms with van der Waals surface area (Å²) >= 11 is 0. The molecule has 2 aliphatic heterocycles. The zero-order valence-electron chi connectivity index (χ0n) is 46.8. The van der Waals surface area contributed by atoms with Crippen LogP contribution in [0.25, 0.3) is 0 Å². The highest BCUT2D eigenvalue weighted by Crippen LogP contribution is 2.25. The maximum absolute atomic E-state index is 14.5. The average Bonchev–Trinajstić information content (AvgIpc) is 4.35. The number of hydrogen-bond donors (Lipinski definition) is 21. The molecule has 0 aliphatic carbocycles. The van der Waals surface area contributed by atoms with Crippen LogP contribution in [-0.4, -0.2) is 279 Å². The van der Waals surface area contributed by atoms with Crippen molar-refractivity contribution in [2.45, 2.75) is 176 Å². The number of aliphatic hydroxyl groups is 8. The second kappa shape index (κ2) is 33.8. The average molecular weight is 1220 g/mol. The van der Waals surface area contributed by atoms with Crippen molar-refractivity contribution in [2.75, 3.05) is 32.9 Å². The lowest BCUT2D eigenvalue weighted by Gasteiger charge is -2.43. The minimum atomic E-state index is -2.19. The molecule has 0 radical (unpaired) electrons. The monoisotopic (exact) mass is 1220 g/mol. The number of aromatic nitrogens is 2. The molecule has 0 saturated carbocycles. The van der Waals surface area contributed by atoms with E-state index in [4.69, 9.17) is 20.3 Å². The van der Waals surface area contributed by atoms with E-state index in [0.717, 1.165) is 39.5 Å². The van der Waals surface area contributed by atoms with Crippen molar-refractivity contribution >= 4 is 71.0 Å². The zero-order valence-corrected chi connectivity index (χ0v) is 46.8. The molecule has 37 heteroatoms. The van der Waals surface area contributed by atoms with Crippen molar-refractivity contribution in [3.63, 3.8) is 0 Å². The van der Waals surface area contributed by atoms with E-state index >= 15 is 0 Å². The fraction of sp³-hybridized carbons (Fsp3) is 0.688. The number of nitrogens with one attached hydrogen (secondary N) is 10. The van der Waals surface area contributed by atoms with Crippen molar-refractivity contribution < 1.29 is 118 Å². The Hall–Kier alpha value is -7.59. The molecule has 2 fully saturated rings. The summed E-state index contributed by atoms with van der Waals surface area (Å²) in [6.07, 6.45) is -13.1. The summed E-state index contributed by atoms with van der Waals surface area (Å²) in [6, 6.07) is -18.2. The first kappa shape index (κ1) is 71.7. The SMILES string of the molecule is CC(=O)N[C@H]1[C@@H](O[C@H](C)[C@@H](NC(=O)[C@@H](NC(=O)[C@H](CCC(=O)O)NC(=O)[C@@H](N)[C@@H](C)O)[C@@H](C)O)C(=O)N[C@@H](CO)C(=O)N[C@@H](Cc2cnc[nH]2)C(=O)N[C@@H](CO)C(=O)N[C@H](C(=O)N2CCC[C@H]2C(=O)NCC(=O)O)[C@@H](C)O)O[C@H](CO)[C@H](O)[C@@H]1O. The lowest BCUT2D eigenvalue weighted by atomic mass is 9.96. The second-order valence-electron chi connectivity index (χ2n) is 20.1. The van der Waals surface area contributed by atoms with E-state index in [0.29, 0.717) is 0 Å². The molecule has 1 aromatic rings. The Morgan fingerprint density at radius 3 is 1.76 bits per heavy atom. The predicted octanol–water partition coefficient (Wildman–Crippen LogP) is -11.8. The van der Waals surface area contributed by atoms with Crippen LogP contribution in [-0.2, 0) is 73.4 Å². The van der Waals surface area contributed by atoms with E-state index in [1.165, 1.54) is 12.5 Å². The molecule has 18 atom stereocenters. The van der Waals surface area contributed by atoms with Gasteiger partial charge in [-0.2, -0.15) is 0 Å². The van der Waals surface area contributed by atoms with Crippen molar-refractivity contribution in [3.05, 3.63) is 18.2 Å². The van der Waals surface area contributed by atoms with Crippen molar-refractivity contribution in [2.24, 2.45) is 5.73 Å². The number of carbonyl (C=O) groups is 12. The molecule has 0 spiro atoms. The van der Waals surface area contributed by atoms with Gasteiger partial charge in [0.1, 0.15) is 85.3 Å². The van der Waals surface area contributed by atoms with Gasteiger partial charge in [-0.05, 0) is 47.0 Å². The quantitative estimate of drug-likeness (QED) is 0.0311. The number of carboxylic acid groups (broad SMARTS) is 2. The standard InChI is InChI=1S/C48H77N13O24/c1-18(65)32(49)44(80)54-24(8-9-30(69)70)39(75)58-33(19(2)66)45(81)60-35(21(4)84-48-36(53-22(5)68)38(74)37(73)29(16-64)85-48)46(82)57-26(14-62)41(77)55-25(11-23-12-50-17-52-23)40(76)56-27(15-63)42(78)59-34(20(3)67)47(83)61-10-6-7-28(61)43(79)51-13-31(71)72/h12,17-21,24-29,32-38,48,62-67,73-74H,6-11,13-16,49H2,1-5H3,(H,50,52)(H,51,79)(H,53,68)(H,54,80)(H,55,77)(H,56,76)(H,57,82)(H,58,75)(H,59,78)(H,60,81)(H,69,70)(H,71,72)/t18-,19-,20-,21-,24+,25+,26+,27+,28+,29-,32+,33+,34+,35-,36-,37+,38-,48+/m1/s1. The van der Waals surface area contributed by atoms with Gasteiger partial charge in [-0.3, -0.25) is 57.5 Å². The summed E-state index contributed by atoms with van der Waals surface area (Å²) < 4.78 is 11.5. The minimum absolute atomic E-state index is 0.0386. The number of nitrogens with zero attached hydrogens (tertiary/aromatic N) is 2. The number of carbonyl (C=O) groups excluding carboxylic acids is 10. The number of ether oxygens (including phenoxy) is 2. The van der Waals surface area contributed by atoms with Crippen LogP contribution in [0, 0.1) is 0 Å². The van der Waals surface area contributed by atoms with Crippen LogP contribution in [0.3, 0.4) is 0 Å². The van der Waals surface area contributed by atoms with Gasteiger partial charge in [0.15, 0.2) is 6.29 Å². The number of hydrogen-bond acceptors (Lipinski definition) is 24. The topological polar surface area (TPSA) is 592 Å². The van der Waals surface area contributed by atoms with Crippen LogP contribution in [0.2, 0.25) is 0 Å². The molecule has 22 N–H and O–H groups in total. The van der Waals surface area contributed by atoms with E-state index < -0.39 is 226 Å². The molecule has 10 amide bonds. The smallest absolute Gasteiger partial charge is 0.322 e. The van der Waals surface area contributed by atoms with Gasteiger partial charge in [-0.15, -0.1) is 0 Å². The van der Waals surface area contributed by atoms with Gasteiger partial charge in [0.05, 0.1) is 50.6 Å². The molecule has 37 nitrogen and oxygen atoms in total. The van der Waals surface area contributed by atoms with Crippen LogP contribution in [0.5, 0.6) is 0 Å². The number of H-pyrrole nitrogens is 1. The first-order chi connectivity index (χ1) is 39.9. The first-order valence-electron chi connectivity index (χ1n) is 26.6. The minimum Gasteiger partial charge on any atom is -0.481 e. The summed E-state index contributed by atoms with van der Waals surface area (Å²) in [6.45, 7) is 1.10. The van der Waals surface area contributed by atoms with E-state index in [1.54, 1.807) is 0 Å². The number of carboxylic acids is 2. The van der Waals surface area contributed by atoms with Gasteiger partial charge in [0.25, 0.3) is 0 Å². The van der Waals surface area contributed by atoms with Crippen molar-refractivity contribution in [3.8, 4) is 0 Å². The molecular weight excluding hydrogens is 1140 g/mol. The maximum Gasteiger partial charge on any atom is 0.322 e. The molecular formula is C48H77N13O24. The Morgan fingerprint density at radius 1 is 0.706 bits per heavy atom. The summed E-state index contributed by atoms with van der Waals surface area (Å²) in [7, 11) is 0. The van der Waals surface area contributed by atoms with E-state index in [-0.39, 0.29) is 25.1 Å². The Bertz CT molecular complexity index is 2490. The third-order valence-electron chi connectivity index (χ3n) is 13.4. The van der Waals surface area contributed by atoms with Gasteiger partial charge < -0.3 is 124 Å². The van der Waals surface area contributed by atoms with E-state index in [9.17, 15) is 103 Å². The van der Waals surface area contributed by atoms with E-state index in [2.05, 4.69) is 57.8 Å². The number of amides is 10. The number of aliphatic hydroxyl groups excluding tert-OH is 8. The summed E-state index contributed by atoms with van der Waals surface area (Å²) in [5.41, 5.74) is 5.83. The Labute approximate surface area is 483 Å². The zero-order chi connectivity index (χ0) is 64.2. The van der Waals surface area contributed by atoms with Gasteiger partial charge in [-0.1, -0.05) is 0 Å². The molecule has 1 aromatic heterocycles. The number of imidazole rings is 1. The van der Waals surface area contributed by atoms with Crippen molar-refractivity contribution in [1.29, 1.82) is 0 Å². The van der Waals surface area contributed by atoms with Crippen LogP contribution in [0.1, 0.15) is 66.0 Å². The molecule has 0 bridgehead atoms. The Kier molecular flexibility index (Phi) is 28.5. The van der Waals surface area contributed by atoms with Crippen molar-refractivity contribution in [1.82, 2.24) is 62.7 Å². The number of aromatic amines is 1. The number of nitrogens with two attached hydrogens (primary N) is 1. The fourth-order valence-corrected chi connectivity index (χ4v) is 8.62. The summed E-state index contributed by atoms with van der Waals surface area (Å²) in [5, 5.41) is 122. The van der Waals surface area contributed by atoms with Crippen LogP contribution < -0.4 is 53.6 Å². The molecule has 0 unspecified atom stereocenters. The fourth-order valence-electron chi connectivity index (χ4n) is 8.62.